The van der Waals surface area contributed by atoms with Crippen molar-refractivity contribution in [2.24, 2.45) is 0 Å². The van der Waals surface area contributed by atoms with Crippen molar-refractivity contribution >= 4 is 27.7 Å². The van der Waals surface area contributed by atoms with Crippen molar-refractivity contribution in [1.82, 2.24) is 0 Å². The predicted octanol–water partition coefficient (Wildman–Crippen LogP) is -4.35. The zero-order valence-electron chi connectivity index (χ0n) is 11.5. The first kappa shape index (κ1) is 16.7. The minimum atomic E-state index is -1.29. The maximum absolute atomic E-state index is 2.26. The molecule has 3 aromatic carbocycles. The first-order valence-corrected chi connectivity index (χ1v) is 8.55. The van der Waals surface area contributed by atoms with Gasteiger partial charge in [0.15, 0.2) is 0 Å². The van der Waals surface area contributed by atoms with Crippen molar-refractivity contribution in [2.75, 3.05) is 0 Å². The van der Waals surface area contributed by atoms with Crippen LogP contribution in [0.5, 0.6) is 0 Å². The number of hydrogen-bond acceptors (Lipinski definition) is 0. The van der Waals surface area contributed by atoms with Crippen LogP contribution in [-0.4, -0.2) is 14.7 Å². The molecule has 0 bridgehead atoms. The molecule has 0 N–H and O–H groups in total. The average Bonchev–Trinajstić information content (AvgIpc) is 3.04. The van der Waals surface area contributed by atoms with Crippen molar-refractivity contribution in [3.05, 3.63) is 78.9 Å². The van der Waals surface area contributed by atoms with E-state index < -0.39 is 14.7 Å². The molecule has 0 saturated heterocycles. The fourth-order valence-corrected chi connectivity index (χ4v) is 6.89. The third-order valence-electron chi connectivity index (χ3n) is 2.82. The molecule has 0 aliphatic carbocycles. The zero-order chi connectivity index (χ0) is 11.5. The summed E-state index contributed by atoms with van der Waals surface area (Å²) in [5, 5.41) is 0. The van der Waals surface area contributed by atoms with Crippen LogP contribution in [-0.2, 0) is 0 Å². The van der Waals surface area contributed by atoms with Gasteiger partial charge in [-0.1, -0.05) is 0 Å². The molecule has 3 heteroatoms. The predicted molar refractivity (Wildman–Crippen MR) is 75.2 cm³/mol. The Morgan fingerprint density at radius 1 is 0.632 bits per heavy atom. The van der Waals surface area contributed by atoms with Gasteiger partial charge in [0.1, 0.15) is 0 Å². The maximum atomic E-state index is 2.26. The van der Waals surface area contributed by atoms with Gasteiger partial charge in [0, 0.05) is 0 Å². The summed E-state index contributed by atoms with van der Waals surface area (Å²) in [7, 11) is 0. The van der Waals surface area contributed by atoms with E-state index in [1.165, 1.54) is 13.1 Å². The van der Waals surface area contributed by atoms with Crippen LogP contribution >= 0.6 is 0 Å². The summed E-state index contributed by atoms with van der Waals surface area (Å²) in [6, 6.07) is 28.5. The molecule has 3 aromatic rings. The van der Waals surface area contributed by atoms with Crippen LogP contribution in [0.4, 0.5) is 0 Å². The van der Waals surface area contributed by atoms with Gasteiger partial charge in [-0.2, -0.15) is 0 Å². The zero-order valence-corrected chi connectivity index (χ0v) is 13.3. The van der Waals surface area contributed by atoms with Crippen LogP contribution in [0.25, 0.3) is 0 Å². The Bertz CT molecular complexity index is 522. The van der Waals surface area contributed by atoms with Crippen LogP contribution < -0.4 is 50.8 Å². The molecule has 0 spiro atoms. The molecule has 0 aromatic heterocycles. The Morgan fingerprint density at radius 2 is 1.16 bits per heavy atom. The van der Waals surface area contributed by atoms with Crippen molar-refractivity contribution in [1.29, 1.82) is 0 Å². The molecule has 0 amide bonds. The molecule has 0 aliphatic rings. The van der Waals surface area contributed by atoms with Gasteiger partial charge in [0.05, 0.1) is 0 Å². The van der Waals surface area contributed by atoms with E-state index in [0.717, 1.165) is 0 Å². The summed E-state index contributed by atoms with van der Waals surface area (Å²) < 4.78 is 4.52. The monoisotopic (exact) mass is 294 g/mol. The third kappa shape index (κ3) is 3.83. The first-order valence-electron chi connectivity index (χ1n) is 5.74. The molecule has 0 unspecified atom stereocenters. The summed E-state index contributed by atoms with van der Waals surface area (Å²) >= 11 is -1.29. The van der Waals surface area contributed by atoms with E-state index in [9.17, 15) is 0 Å². The Morgan fingerprint density at radius 3 is 1.58 bits per heavy atom. The van der Waals surface area contributed by atoms with E-state index >= 15 is 0 Å². The molecule has 3 rings (SSSR count). The summed E-state index contributed by atoms with van der Waals surface area (Å²) in [6.07, 6.45) is 0. The quantitative estimate of drug-likeness (QED) is 0.338. The third-order valence-corrected chi connectivity index (χ3v) is 7.95. The average molecular weight is 294 g/mol. The van der Waals surface area contributed by atoms with Crippen LogP contribution in [0, 0.1) is 0 Å². The van der Waals surface area contributed by atoms with Crippen LogP contribution in [0.2, 0.25) is 0 Å². The van der Waals surface area contributed by atoms with E-state index in [0.29, 0.717) is 0 Å². The summed E-state index contributed by atoms with van der Waals surface area (Å²) in [5.41, 5.74) is 0. The Kier molecular flexibility index (Phi) is 7.10. The van der Waals surface area contributed by atoms with Gasteiger partial charge in [-0.25, -0.2) is 0 Å². The molecule has 0 radical (unpaired) electrons. The molecule has 0 atom stereocenters. The van der Waals surface area contributed by atoms with Crippen molar-refractivity contribution in [3.8, 4) is 0 Å². The minimum absolute atomic E-state index is 0. The molecule has 0 saturated carbocycles. The fraction of sp³-hybridized carbons (Fsp3) is 0. The standard InChI is InChI=1S/C16H13As.2Li/c1-2-8-14(9-3-1)17(15-10-4-5-11-15)16-12-6-7-13-16;;/h1-13H;;/q-2;2*+1. The number of benzene rings is 1. The van der Waals surface area contributed by atoms with Crippen LogP contribution in [0.1, 0.15) is 0 Å². The molecule has 84 valence electrons. The van der Waals surface area contributed by atoms with Gasteiger partial charge >= 0.3 is 144 Å². The Labute approximate surface area is 143 Å². The normalized spacial score (nSPS) is 9.74. The van der Waals surface area contributed by atoms with Gasteiger partial charge in [-0.05, 0) is 0 Å². The molecular weight excluding hydrogens is 281 g/mol. The Balaban J connectivity index is 0.000000902. The van der Waals surface area contributed by atoms with Crippen molar-refractivity contribution in [3.63, 3.8) is 0 Å². The van der Waals surface area contributed by atoms with E-state index in [2.05, 4.69) is 78.9 Å². The van der Waals surface area contributed by atoms with Crippen molar-refractivity contribution in [2.45, 2.75) is 0 Å². The topological polar surface area (TPSA) is 0 Å². The molecular formula is C16H13AsLi2. The van der Waals surface area contributed by atoms with Gasteiger partial charge in [0.2, 0.25) is 0 Å². The summed E-state index contributed by atoms with van der Waals surface area (Å²) in [5.74, 6) is 0. The Hall–Kier alpha value is -0.327. The van der Waals surface area contributed by atoms with E-state index in [4.69, 9.17) is 0 Å². The van der Waals surface area contributed by atoms with E-state index in [1.807, 2.05) is 0 Å². The molecule has 0 fully saturated rings. The first-order chi connectivity index (χ1) is 8.45. The molecule has 0 nitrogen and oxygen atoms in total. The number of rotatable bonds is 3. The second-order valence-corrected chi connectivity index (χ2v) is 8.61. The van der Waals surface area contributed by atoms with Gasteiger partial charge in [0.25, 0.3) is 0 Å². The van der Waals surface area contributed by atoms with E-state index in [1.54, 1.807) is 0 Å². The van der Waals surface area contributed by atoms with Crippen LogP contribution in [0.3, 0.4) is 0 Å². The second-order valence-electron chi connectivity index (χ2n) is 3.96. The van der Waals surface area contributed by atoms with Crippen molar-refractivity contribution < 1.29 is 37.7 Å². The fourth-order valence-electron chi connectivity index (χ4n) is 2.05. The van der Waals surface area contributed by atoms with E-state index in [-0.39, 0.29) is 37.7 Å². The SMILES string of the molecule is [Li+].[Li+].c1ccc([As](c2cc[cH-]c2)c2cc[cH-]c2)cc1. The van der Waals surface area contributed by atoms with Crippen LogP contribution in [0.15, 0.2) is 78.9 Å². The number of hydrogen-bond donors (Lipinski definition) is 0. The second kappa shape index (κ2) is 8.07. The summed E-state index contributed by atoms with van der Waals surface area (Å²) in [6.45, 7) is 0. The van der Waals surface area contributed by atoms with Gasteiger partial charge in [-0.15, -0.1) is 0 Å². The molecule has 19 heavy (non-hydrogen) atoms. The molecule has 0 aliphatic heterocycles. The molecule has 0 heterocycles. The van der Waals surface area contributed by atoms with Gasteiger partial charge in [-0.3, -0.25) is 0 Å². The summed E-state index contributed by atoms with van der Waals surface area (Å²) in [4.78, 5) is 0. The van der Waals surface area contributed by atoms with Gasteiger partial charge < -0.3 is 0 Å².